The van der Waals surface area contributed by atoms with Crippen molar-refractivity contribution in [3.63, 3.8) is 0 Å². The minimum atomic E-state index is -0.197. The molecular formula is C21H24ClN3O2. The Bertz CT molecular complexity index is 813. The van der Waals surface area contributed by atoms with Crippen LogP contribution in [0.2, 0.25) is 5.02 Å². The predicted octanol–water partition coefficient (Wildman–Crippen LogP) is 3.89. The van der Waals surface area contributed by atoms with E-state index in [1.54, 1.807) is 12.1 Å². The summed E-state index contributed by atoms with van der Waals surface area (Å²) in [6.45, 7) is 3.34. The Labute approximate surface area is 165 Å². The summed E-state index contributed by atoms with van der Waals surface area (Å²) in [4.78, 5) is 16.5. The van der Waals surface area contributed by atoms with Gasteiger partial charge in [-0.25, -0.2) is 0 Å². The maximum Gasteiger partial charge on any atom is 0.248 e. The number of para-hydroxylation sites is 1. The van der Waals surface area contributed by atoms with Crippen LogP contribution in [-0.2, 0) is 9.53 Å². The third-order valence-corrected chi connectivity index (χ3v) is 4.69. The van der Waals surface area contributed by atoms with Gasteiger partial charge in [0, 0.05) is 38.9 Å². The van der Waals surface area contributed by atoms with Crippen molar-refractivity contribution in [1.82, 2.24) is 0 Å². The molecular weight excluding hydrogens is 362 g/mol. The van der Waals surface area contributed by atoms with Crippen molar-refractivity contribution >= 4 is 40.6 Å². The summed E-state index contributed by atoms with van der Waals surface area (Å²) in [6, 6.07) is 13.6. The third kappa shape index (κ3) is 5.02. The highest BCUT2D eigenvalue weighted by Crippen LogP contribution is 2.32. The fraction of sp³-hybridized carbons (Fsp3) is 0.286. The molecule has 1 heterocycles. The zero-order valence-corrected chi connectivity index (χ0v) is 16.4. The summed E-state index contributed by atoms with van der Waals surface area (Å²) in [5.41, 5.74) is 3.62. The molecule has 0 radical (unpaired) electrons. The van der Waals surface area contributed by atoms with Crippen molar-refractivity contribution < 1.29 is 9.53 Å². The summed E-state index contributed by atoms with van der Waals surface area (Å²) in [6.07, 6.45) is 3.34. The molecule has 0 unspecified atom stereocenters. The second kappa shape index (κ2) is 8.93. The molecule has 1 amide bonds. The summed E-state index contributed by atoms with van der Waals surface area (Å²) in [7, 11) is 3.78. The van der Waals surface area contributed by atoms with E-state index in [0.29, 0.717) is 10.7 Å². The van der Waals surface area contributed by atoms with E-state index in [-0.39, 0.29) is 5.91 Å². The Morgan fingerprint density at radius 1 is 1.15 bits per heavy atom. The van der Waals surface area contributed by atoms with Crippen molar-refractivity contribution in [2.75, 3.05) is 55.5 Å². The van der Waals surface area contributed by atoms with Gasteiger partial charge in [0.15, 0.2) is 0 Å². The van der Waals surface area contributed by atoms with Gasteiger partial charge in [0.25, 0.3) is 0 Å². The van der Waals surface area contributed by atoms with Gasteiger partial charge in [-0.3, -0.25) is 4.79 Å². The van der Waals surface area contributed by atoms with Gasteiger partial charge in [0.05, 0.1) is 29.6 Å². The number of nitrogens with zero attached hydrogens (tertiary/aromatic N) is 2. The fourth-order valence-corrected chi connectivity index (χ4v) is 3.38. The molecule has 2 aromatic carbocycles. The molecule has 1 aliphatic rings. The first kappa shape index (κ1) is 19.3. The van der Waals surface area contributed by atoms with Gasteiger partial charge in [-0.2, -0.15) is 0 Å². The highest BCUT2D eigenvalue weighted by molar-refractivity contribution is 6.34. The number of hydrogen-bond donors (Lipinski definition) is 1. The maximum atomic E-state index is 12.3. The number of hydrogen-bond acceptors (Lipinski definition) is 4. The Kier molecular flexibility index (Phi) is 6.37. The zero-order chi connectivity index (χ0) is 19.2. The SMILES string of the molecule is CN(C)c1c(Cl)cccc1NC(=O)/C=C/c1ccc(N2CCOCC2)cc1. The minimum Gasteiger partial charge on any atom is -0.378 e. The average molecular weight is 386 g/mol. The van der Waals surface area contributed by atoms with Crippen molar-refractivity contribution in [3.05, 3.63) is 59.1 Å². The second-order valence-electron chi connectivity index (χ2n) is 6.54. The third-order valence-electron chi connectivity index (χ3n) is 4.39. The molecule has 1 N–H and O–H groups in total. The van der Waals surface area contributed by atoms with Crippen LogP contribution in [0.15, 0.2) is 48.5 Å². The van der Waals surface area contributed by atoms with Gasteiger partial charge >= 0.3 is 0 Å². The topological polar surface area (TPSA) is 44.8 Å². The molecule has 5 nitrogen and oxygen atoms in total. The van der Waals surface area contributed by atoms with E-state index in [4.69, 9.17) is 16.3 Å². The van der Waals surface area contributed by atoms with Gasteiger partial charge < -0.3 is 19.9 Å². The van der Waals surface area contributed by atoms with Gasteiger partial charge in [0.2, 0.25) is 5.91 Å². The largest absolute Gasteiger partial charge is 0.378 e. The van der Waals surface area contributed by atoms with E-state index in [1.807, 2.05) is 43.3 Å². The van der Waals surface area contributed by atoms with Crippen LogP contribution < -0.4 is 15.1 Å². The van der Waals surface area contributed by atoms with E-state index < -0.39 is 0 Å². The molecule has 2 aromatic rings. The Hall–Kier alpha value is -2.50. The van der Waals surface area contributed by atoms with Crippen LogP contribution in [0.25, 0.3) is 6.08 Å². The van der Waals surface area contributed by atoms with Crippen molar-refractivity contribution in [2.45, 2.75) is 0 Å². The second-order valence-corrected chi connectivity index (χ2v) is 6.95. The van der Waals surface area contributed by atoms with Gasteiger partial charge in [-0.15, -0.1) is 0 Å². The summed E-state index contributed by atoms with van der Waals surface area (Å²) < 4.78 is 5.38. The number of benzene rings is 2. The monoisotopic (exact) mass is 385 g/mol. The van der Waals surface area contributed by atoms with E-state index >= 15 is 0 Å². The number of rotatable bonds is 5. The molecule has 1 saturated heterocycles. The molecule has 0 bridgehead atoms. The first-order valence-corrected chi connectivity index (χ1v) is 9.30. The number of carbonyl (C=O) groups excluding carboxylic acids is 1. The van der Waals surface area contributed by atoms with Crippen LogP contribution in [0, 0.1) is 0 Å². The molecule has 0 spiro atoms. The number of anilines is 3. The molecule has 1 aliphatic heterocycles. The molecule has 0 atom stereocenters. The molecule has 0 aliphatic carbocycles. The smallest absolute Gasteiger partial charge is 0.248 e. The van der Waals surface area contributed by atoms with E-state index in [9.17, 15) is 4.79 Å². The number of carbonyl (C=O) groups is 1. The standard InChI is InChI=1S/C21H24ClN3O2/c1-24(2)21-18(22)4-3-5-19(21)23-20(26)11-8-16-6-9-17(10-7-16)25-12-14-27-15-13-25/h3-11H,12-15H2,1-2H3,(H,23,26)/b11-8+. The number of nitrogens with one attached hydrogen (secondary N) is 1. The summed E-state index contributed by atoms with van der Waals surface area (Å²) in [5.74, 6) is -0.197. The van der Waals surface area contributed by atoms with Crippen LogP contribution in [0.3, 0.4) is 0 Å². The maximum absolute atomic E-state index is 12.3. The van der Waals surface area contributed by atoms with Crippen LogP contribution in [0.5, 0.6) is 0 Å². The van der Waals surface area contributed by atoms with Crippen LogP contribution in [0.4, 0.5) is 17.1 Å². The lowest BCUT2D eigenvalue weighted by Crippen LogP contribution is -2.36. The first-order valence-electron chi connectivity index (χ1n) is 8.92. The Morgan fingerprint density at radius 2 is 1.85 bits per heavy atom. The van der Waals surface area contributed by atoms with Crippen molar-refractivity contribution in [3.8, 4) is 0 Å². The van der Waals surface area contributed by atoms with Gasteiger partial charge in [-0.05, 0) is 35.9 Å². The highest BCUT2D eigenvalue weighted by atomic mass is 35.5. The van der Waals surface area contributed by atoms with Gasteiger partial charge in [-0.1, -0.05) is 29.8 Å². The van der Waals surface area contributed by atoms with Crippen LogP contribution in [-0.4, -0.2) is 46.3 Å². The van der Waals surface area contributed by atoms with Crippen molar-refractivity contribution in [1.29, 1.82) is 0 Å². The summed E-state index contributed by atoms with van der Waals surface area (Å²) in [5, 5.41) is 3.49. The minimum absolute atomic E-state index is 0.197. The van der Waals surface area contributed by atoms with Crippen LogP contribution in [0.1, 0.15) is 5.56 Å². The molecule has 1 fully saturated rings. The zero-order valence-electron chi connectivity index (χ0n) is 15.6. The van der Waals surface area contributed by atoms with E-state index in [0.717, 1.165) is 37.6 Å². The average Bonchev–Trinajstić information content (AvgIpc) is 2.67. The quantitative estimate of drug-likeness (QED) is 0.793. The molecule has 3 rings (SSSR count). The Balaban J connectivity index is 1.64. The number of ether oxygens (including phenoxy) is 1. The normalized spacial score (nSPS) is 14.4. The van der Waals surface area contributed by atoms with Crippen LogP contribution >= 0.6 is 11.6 Å². The number of morpholine rings is 1. The predicted molar refractivity (Wildman–Crippen MR) is 113 cm³/mol. The summed E-state index contributed by atoms with van der Waals surface area (Å²) >= 11 is 6.24. The lowest BCUT2D eigenvalue weighted by molar-refractivity contribution is -0.111. The van der Waals surface area contributed by atoms with Gasteiger partial charge in [0.1, 0.15) is 0 Å². The fourth-order valence-electron chi connectivity index (χ4n) is 3.03. The number of amides is 1. The van der Waals surface area contributed by atoms with E-state index in [1.165, 1.54) is 11.8 Å². The molecule has 0 saturated carbocycles. The number of halogens is 1. The van der Waals surface area contributed by atoms with Crippen molar-refractivity contribution in [2.24, 2.45) is 0 Å². The Morgan fingerprint density at radius 3 is 2.52 bits per heavy atom. The first-order chi connectivity index (χ1) is 13.0. The molecule has 142 valence electrons. The molecule has 27 heavy (non-hydrogen) atoms. The van der Waals surface area contributed by atoms with E-state index in [2.05, 4.69) is 22.3 Å². The molecule has 6 heteroatoms. The highest BCUT2D eigenvalue weighted by Gasteiger charge is 2.11. The molecule has 0 aromatic heterocycles. The lowest BCUT2D eigenvalue weighted by Gasteiger charge is -2.28. The lowest BCUT2D eigenvalue weighted by atomic mass is 10.1.